The Labute approximate surface area is 260 Å². The highest BCUT2D eigenvalue weighted by molar-refractivity contribution is 6.00. The molecule has 0 spiro atoms. The van der Waals surface area contributed by atoms with E-state index in [9.17, 15) is 0 Å². The second-order valence-corrected chi connectivity index (χ2v) is 12.6. The maximum absolute atomic E-state index is 15.5. The lowest BCUT2D eigenvalue weighted by molar-refractivity contribution is 0.0365. The number of halogens is 1. The van der Waals surface area contributed by atoms with E-state index in [1.54, 1.807) is 6.07 Å². The fraction of sp³-hybridized carbons (Fsp3) is 0.500. The van der Waals surface area contributed by atoms with Crippen LogP contribution in [0.1, 0.15) is 55.0 Å². The van der Waals surface area contributed by atoms with Gasteiger partial charge in [0.25, 0.3) is 0 Å². The molecule has 2 fully saturated rings. The third-order valence-corrected chi connectivity index (χ3v) is 10.1. The van der Waals surface area contributed by atoms with Crippen molar-refractivity contribution in [1.82, 2.24) is 19.4 Å². The summed E-state index contributed by atoms with van der Waals surface area (Å²) in [5.74, 6) is 1.18. The first-order valence-corrected chi connectivity index (χ1v) is 16.4. The molecule has 4 aromatic rings. The van der Waals surface area contributed by atoms with Crippen molar-refractivity contribution in [3.05, 3.63) is 58.7 Å². The zero-order valence-corrected chi connectivity index (χ0v) is 26.6. The molecule has 3 aliphatic heterocycles. The third-order valence-electron chi connectivity index (χ3n) is 10.1. The summed E-state index contributed by atoms with van der Waals surface area (Å²) in [6.45, 7) is 12.9. The molecule has 3 aromatic heterocycles. The first-order valence-electron chi connectivity index (χ1n) is 16.4. The van der Waals surface area contributed by atoms with Crippen molar-refractivity contribution >= 4 is 16.9 Å². The molecule has 7 rings (SSSR count). The average Bonchev–Trinajstić information content (AvgIpc) is 3.21. The predicted octanol–water partition coefficient (Wildman–Crippen LogP) is 6.64. The van der Waals surface area contributed by atoms with Gasteiger partial charge in [0.05, 0.1) is 12.3 Å². The molecule has 0 atom stereocenters. The quantitative estimate of drug-likeness (QED) is 0.257. The highest BCUT2D eigenvalue weighted by Gasteiger charge is 2.27. The normalized spacial score (nSPS) is 18.3. The number of anilines is 1. The smallest absolute Gasteiger partial charge is 0.165 e. The molecule has 0 aliphatic carbocycles. The van der Waals surface area contributed by atoms with E-state index in [4.69, 9.17) is 19.4 Å². The van der Waals surface area contributed by atoms with Crippen LogP contribution in [-0.4, -0.2) is 71.5 Å². The molecular weight excluding hydrogens is 553 g/mol. The lowest BCUT2D eigenvalue weighted by Crippen LogP contribution is -2.41. The van der Waals surface area contributed by atoms with Crippen LogP contribution < -0.4 is 9.64 Å². The van der Waals surface area contributed by atoms with E-state index in [1.807, 2.05) is 6.20 Å². The van der Waals surface area contributed by atoms with Crippen LogP contribution in [0.5, 0.6) is 5.75 Å². The molecule has 232 valence electrons. The van der Waals surface area contributed by atoms with Crippen molar-refractivity contribution in [1.29, 1.82) is 0 Å². The van der Waals surface area contributed by atoms with Gasteiger partial charge in [0.2, 0.25) is 0 Å². The topological polar surface area (TPSA) is 55.7 Å². The summed E-state index contributed by atoms with van der Waals surface area (Å²) in [5.41, 5.74) is 9.43. The van der Waals surface area contributed by atoms with Gasteiger partial charge < -0.3 is 18.9 Å². The fourth-order valence-electron chi connectivity index (χ4n) is 7.75. The molecule has 8 heteroatoms. The summed E-state index contributed by atoms with van der Waals surface area (Å²) in [7, 11) is 2.09. The molecule has 44 heavy (non-hydrogen) atoms. The van der Waals surface area contributed by atoms with Crippen molar-refractivity contribution in [3.8, 4) is 28.1 Å². The summed E-state index contributed by atoms with van der Waals surface area (Å²) < 4.78 is 29.1. The van der Waals surface area contributed by atoms with Gasteiger partial charge in [-0.2, -0.15) is 0 Å². The maximum Gasteiger partial charge on any atom is 0.165 e. The molecule has 0 radical (unpaired) electrons. The Bertz CT molecular complexity index is 1690. The van der Waals surface area contributed by atoms with Crippen LogP contribution in [0.3, 0.4) is 0 Å². The Morgan fingerprint density at radius 1 is 1.00 bits per heavy atom. The summed E-state index contributed by atoms with van der Waals surface area (Å²) >= 11 is 0. The molecule has 0 N–H and O–H groups in total. The minimum absolute atomic E-state index is 0.271. The van der Waals surface area contributed by atoms with Crippen molar-refractivity contribution in [2.24, 2.45) is 7.05 Å². The van der Waals surface area contributed by atoms with Crippen LogP contribution in [0.4, 0.5) is 10.2 Å². The Kier molecular flexibility index (Phi) is 8.06. The van der Waals surface area contributed by atoms with Crippen molar-refractivity contribution in [2.75, 3.05) is 50.9 Å². The van der Waals surface area contributed by atoms with E-state index in [1.165, 1.54) is 5.56 Å². The standard InChI is InChI=1S/C36H44FN5O2/c1-5-27-24(3)39-36-30(34(27)29-21-31(37)35-28(23(29)2)8-6-17-44-35)22-32(40(36)4)25-9-12-38-33(20-25)42-14-7-13-41(15-16-42)26-10-18-43-19-11-26/h9,12,20-22,26H,5-8,10-11,13-19H2,1-4H3. The number of benzene rings is 1. The van der Waals surface area contributed by atoms with Gasteiger partial charge >= 0.3 is 0 Å². The lowest BCUT2D eigenvalue weighted by Gasteiger charge is -2.33. The Morgan fingerprint density at radius 3 is 2.66 bits per heavy atom. The van der Waals surface area contributed by atoms with Gasteiger partial charge in [0, 0.05) is 80.9 Å². The van der Waals surface area contributed by atoms with Crippen LogP contribution in [-0.2, 0) is 24.6 Å². The van der Waals surface area contributed by atoms with Gasteiger partial charge in [-0.05, 0) is 98.9 Å². The van der Waals surface area contributed by atoms with Gasteiger partial charge in [-0.25, -0.2) is 14.4 Å². The maximum atomic E-state index is 15.5. The lowest BCUT2D eigenvalue weighted by atomic mass is 9.87. The number of ether oxygens (including phenoxy) is 2. The van der Waals surface area contributed by atoms with Crippen LogP contribution in [0.2, 0.25) is 0 Å². The van der Waals surface area contributed by atoms with Gasteiger partial charge in [-0.1, -0.05) is 6.92 Å². The number of hydrogen-bond donors (Lipinski definition) is 0. The Hall–Kier alpha value is -3.49. The average molecular weight is 598 g/mol. The fourth-order valence-corrected chi connectivity index (χ4v) is 7.75. The molecule has 7 nitrogen and oxygen atoms in total. The van der Waals surface area contributed by atoms with E-state index >= 15 is 4.39 Å². The highest BCUT2D eigenvalue weighted by atomic mass is 19.1. The van der Waals surface area contributed by atoms with Gasteiger partial charge in [-0.15, -0.1) is 0 Å². The number of aromatic nitrogens is 3. The molecule has 0 unspecified atom stereocenters. The van der Waals surface area contributed by atoms with E-state index in [-0.39, 0.29) is 5.82 Å². The first-order chi connectivity index (χ1) is 21.4. The Morgan fingerprint density at radius 2 is 1.84 bits per heavy atom. The molecule has 0 saturated carbocycles. The van der Waals surface area contributed by atoms with Crippen LogP contribution in [0.25, 0.3) is 33.4 Å². The summed E-state index contributed by atoms with van der Waals surface area (Å²) in [6, 6.07) is 8.90. The molecule has 3 aliphatic rings. The number of rotatable bonds is 5. The number of hydrogen-bond acceptors (Lipinski definition) is 6. The zero-order valence-electron chi connectivity index (χ0n) is 26.6. The summed E-state index contributed by atoms with van der Waals surface area (Å²) in [4.78, 5) is 15.0. The number of nitrogens with zero attached hydrogens (tertiary/aromatic N) is 5. The zero-order chi connectivity index (χ0) is 30.4. The SMILES string of the molecule is CCc1c(C)nc2c(cc(-c3ccnc(N4CCCN(C5CCOCC5)CC4)c3)n2C)c1-c1cc(F)c2c(c1C)CCCO2. The number of pyridine rings is 2. The number of fused-ring (bicyclic) bond motifs is 2. The van der Waals surface area contributed by atoms with Gasteiger partial charge in [0.15, 0.2) is 11.6 Å². The minimum Gasteiger partial charge on any atom is -0.490 e. The van der Waals surface area contributed by atoms with E-state index in [2.05, 4.69) is 60.4 Å². The Balaban J connectivity index is 1.27. The van der Waals surface area contributed by atoms with Crippen molar-refractivity contribution in [2.45, 2.75) is 65.3 Å². The molecular formula is C36H44FN5O2. The highest BCUT2D eigenvalue weighted by Crippen LogP contribution is 2.43. The van der Waals surface area contributed by atoms with Gasteiger partial charge in [-0.3, -0.25) is 4.90 Å². The number of aryl methyl sites for hydroxylation is 2. The predicted molar refractivity (Wildman–Crippen MR) is 174 cm³/mol. The molecule has 1 aromatic carbocycles. The van der Waals surface area contributed by atoms with E-state index < -0.39 is 0 Å². The summed E-state index contributed by atoms with van der Waals surface area (Å²) in [6.07, 6.45) is 7.90. The molecule has 6 heterocycles. The molecule has 2 saturated heterocycles. The van der Waals surface area contributed by atoms with Crippen LogP contribution >= 0.6 is 0 Å². The van der Waals surface area contributed by atoms with Crippen LogP contribution in [0.15, 0.2) is 30.5 Å². The van der Waals surface area contributed by atoms with Crippen LogP contribution in [0, 0.1) is 19.7 Å². The van der Waals surface area contributed by atoms with E-state index in [0.29, 0.717) is 18.4 Å². The van der Waals surface area contributed by atoms with Crippen molar-refractivity contribution in [3.63, 3.8) is 0 Å². The monoisotopic (exact) mass is 597 g/mol. The van der Waals surface area contributed by atoms with Gasteiger partial charge in [0.1, 0.15) is 11.5 Å². The third kappa shape index (κ3) is 5.16. The molecule has 0 bridgehead atoms. The first kappa shape index (κ1) is 29.2. The van der Waals surface area contributed by atoms with E-state index in [0.717, 1.165) is 134 Å². The molecule has 0 amide bonds. The minimum atomic E-state index is -0.271. The second-order valence-electron chi connectivity index (χ2n) is 12.6. The largest absolute Gasteiger partial charge is 0.490 e. The second kappa shape index (κ2) is 12.1. The summed E-state index contributed by atoms with van der Waals surface area (Å²) in [5, 5.41) is 1.06. The van der Waals surface area contributed by atoms with Crippen molar-refractivity contribution < 1.29 is 13.9 Å².